The Morgan fingerprint density at radius 1 is 1.39 bits per heavy atom. The molecule has 0 saturated heterocycles. The quantitative estimate of drug-likeness (QED) is 0.789. The number of imidazole rings is 1. The van der Waals surface area contributed by atoms with Crippen molar-refractivity contribution in [1.82, 2.24) is 14.4 Å². The third kappa shape index (κ3) is 2.14. The van der Waals surface area contributed by atoms with Crippen LogP contribution < -0.4 is 5.32 Å². The first kappa shape index (κ1) is 11.4. The van der Waals surface area contributed by atoms with Crippen LogP contribution in [-0.2, 0) is 0 Å². The van der Waals surface area contributed by atoms with Crippen LogP contribution >= 0.6 is 27.3 Å². The summed E-state index contributed by atoms with van der Waals surface area (Å²) in [5.74, 6) is -0.259. The van der Waals surface area contributed by atoms with Crippen molar-refractivity contribution in [2.45, 2.75) is 0 Å². The molecule has 0 aliphatic heterocycles. The first-order valence-corrected chi connectivity index (χ1v) is 6.75. The summed E-state index contributed by atoms with van der Waals surface area (Å²) in [7, 11) is 0. The maximum absolute atomic E-state index is 11.9. The van der Waals surface area contributed by atoms with Crippen LogP contribution in [-0.4, -0.2) is 20.3 Å². The third-order valence-electron chi connectivity index (χ3n) is 2.30. The van der Waals surface area contributed by atoms with Crippen LogP contribution in [0.3, 0.4) is 0 Å². The molecule has 0 spiro atoms. The van der Waals surface area contributed by atoms with Crippen LogP contribution in [0.15, 0.2) is 40.6 Å². The zero-order valence-corrected chi connectivity index (χ0v) is 11.4. The molecule has 0 aliphatic rings. The van der Waals surface area contributed by atoms with Gasteiger partial charge >= 0.3 is 0 Å². The van der Waals surface area contributed by atoms with E-state index in [1.165, 1.54) is 11.3 Å². The molecular formula is C11H7BrN4OS. The Morgan fingerprint density at radius 3 is 3.06 bits per heavy atom. The van der Waals surface area contributed by atoms with Gasteiger partial charge in [0.25, 0.3) is 5.91 Å². The maximum Gasteiger partial charge on any atom is 0.277 e. The molecule has 0 fully saturated rings. The second kappa shape index (κ2) is 4.51. The van der Waals surface area contributed by atoms with Gasteiger partial charge in [-0.15, -0.1) is 11.3 Å². The highest BCUT2D eigenvalue weighted by Crippen LogP contribution is 2.15. The van der Waals surface area contributed by atoms with Gasteiger partial charge in [-0.05, 0) is 28.1 Å². The van der Waals surface area contributed by atoms with Gasteiger partial charge in [-0.25, -0.2) is 9.97 Å². The number of fused-ring (bicyclic) bond motifs is 1. The minimum atomic E-state index is -0.259. The summed E-state index contributed by atoms with van der Waals surface area (Å²) in [6, 6.07) is 3.72. The summed E-state index contributed by atoms with van der Waals surface area (Å²) in [5.41, 5.74) is 1.09. The number of aromatic nitrogens is 3. The van der Waals surface area contributed by atoms with Gasteiger partial charge in [-0.2, -0.15) is 0 Å². The van der Waals surface area contributed by atoms with Gasteiger partial charge in [-0.3, -0.25) is 10.1 Å². The van der Waals surface area contributed by atoms with Gasteiger partial charge in [-0.1, -0.05) is 0 Å². The lowest BCUT2D eigenvalue weighted by molar-refractivity contribution is 0.102. The smallest absolute Gasteiger partial charge is 0.277 e. The van der Waals surface area contributed by atoms with Crippen LogP contribution in [0, 0.1) is 0 Å². The van der Waals surface area contributed by atoms with Crippen LogP contribution in [0.1, 0.15) is 10.5 Å². The minimum absolute atomic E-state index is 0.259. The summed E-state index contributed by atoms with van der Waals surface area (Å²) in [5, 5.41) is 5.06. The van der Waals surface area contributed by atoms with Crippen LogP contribution in [0.2, 0.25) is 0 Å². The molecule has 0 aromatic carbocycles. The van der Waals surface area contributed by atoms with Crippen molar-refractivity contribution in [2.24, 2.45) is 0 Å². The van der Waals surface area contributed by atoms with E-state index in [2.05, 4.69) is 31.2 Å². The molecule has 3 aromatic rings. The number of pyridine rings is 1. The molecule has 1 N–H and O–H groups in total. The van der Waals surface area contributed by atoms with E-state index < -0.39 is 0 Å². The van der Waals surface area contributed by atoms with Gasteiger partial charge in [0.05, 0.1) is 0 Å². The first-order chi connectivity index (χ1) is 8.72. The van der Waals surface area contributed by atoms with E-state index in [1.807, 2.05) is 18.3 Å². The second-order valence-corrected chi connectivity index (χ2v) is 5.34. The van der Waals surface area contributed by atoms with Crippen molar-refractivity contribution in [1.29, 1.82) is 0 Å². The van der Waals surface area contributed by atoms with Gasteiger partial charge < -0.3 is 4.40 Å². The summed E-state index contributed by atoms with van der Waals surface area (Å²) in [4.78, 5) is 20.2. The fourth-order valence-electron chi connectivity index (χ4n) is 1.52. The minimum Gasteiger partial charge on any atom is -0.305 e. The molecule has 3 aromatic heterocycles. The highest BCUT2D eigenvalue weighted by atomic mass is 79.9. The molecule has 90 valence electrons. The van der Waals surface area contributed by atoms with E-state index in [0.717, 1.165) is 10.1 Å². The maximum atomic E-state index is 11.9. The van der Waals surface area contributed by atoms with Crippen molar-refractivity contribution >= 4 is 44.0 Å². The van der Waals surface area contributed by atoms with E-state index >= 15 is 0 Å². The molecule has 5 nitrogen and oxygen atoms in total. The Labute approximate surface area is 115 Å². The standard InChI is InChI=1S/C11H7BrN4OS/c12-7-1-2-9-14-8(6-16(9)5-7)10(17)15-11-13-3-4-18-11/h1-6H,(H,13,15,17). The van der Waals surface area contributed by atoms with Gasteiger partial charge in [0, 0.05) is 28.4 Å². The molecule has 0 aliphatic carbocycles. The number of hydrogen-bond donors (Lipinski definition) is 1. The molecular weight excluding hydrogens is 316 g/mol. The van der Waals surface area contributed by atoms with Crippen molar-refractivity contribution < 1.29 is 4.79 Å². The fourth-order valence-corrected chi connectivity index (χ4v) is 2.40. The number of halogens is 1. The predicted molar refractivity (Wildman–Crippen MR) is 73.0 cm³/mol. The van der Waals surface area contributed by atoms with Crippen LogP contribution in [0.25, 0.3) is 5.65 Å². The number of thiazole rings is 1. The van der Waals surface area contributed by atoms with Gasteiger partial charge in [0.15, 0.2) is 5.13 Å². The Bertz CT molecular complexity index is 707. The highest BCUT2D eigenvalue weighted by Gasteiger charge is 2.11. The van der Waals surface area contributed by atoms with E-state index in [1.54, 1.807) is 22.2 Å². The number of nitrogens with zero attached hydrogens (tertiary/aromatic N) is 3. The zero-order chi connectivity index (χ0) is 12.5. The van der Waals surface area contributed by atoms with Crippen molar-refractivity contribution in [3.8, 4) is 0 Å². The molecule has 0 saturated carbocycles. The fraction of sp³-hybridized carbons (Fsp3) is 0. The van der Waals surface area contributed by atoms with E-state index in [-0.39, 0.29) is 5.91 Å². The number of hydrogen-bond acceptors (Lipinski definition) is 4. The van der Waals surface area contributed by atoms with Gasteiger partial charge in [0.1, 0.15) is 11.3 Å². The van der Waals surface area contributed by atoms with E-state index in [4.69, 9.17) is 0 Å². The van der Waals surface area contributed by atoms with Crippen molar-refractivity contribution in [2.75, 3.05) is 5.32 Å². The van der Waals surface area contributed by atoms with Crippen molar-refractivity contribution in [3.05, 3.63) is 46.3 Å². The largest absolute Gasteiger partial charge is 0.305 e. The molecule has 0 radical (unpaired) electrons. The van der Waals surface area contributed by atoms with Gasteiger partial charge in [0.2, 0.25) is 0 Å². The highest BCUT2D eigenvalue weighted by molar-refractivity contribution is 9.10. The number of amides is 1. The lowest BCUT2D eigenvalue weighted by Gasteiger charge is -1.95. The second-order valence-electron chi connectivity index (χ2n) is 3.53. The molecule has 0 bridgehead atoms. The Morgan fingerprint density at radius 2 is 2.28 bits per heavy atom. The molecule has 0 unspecified atom stereocenters. The SMILES string of the molecule is O=C(Nc1nccs1)c1cn2cc(Br)ccc2n1. The number of nitrogens with one attached hydrogen (secondary N) is 1. The lowest BCUT2D eigenvalue weighted by atomic mass is 10.4. The van der Waals surface area contributed by atoms with Crippen LogP contribution in [0.5, 0.6) is 0 Å². The summed E-state index contributed by atoms with van der Waals surface area (Å²) in [6.45, 7) is 0. The molecule has 0 atom stereocenters. The Hall–Kier alpha value is -1.73. The third-order valence-corrected chi connectivity index (χ3v) is 3.46. The normalized spacial score (nSPS) is 10.7. The predicted octanol–water partition coefficient (Wildman–Crippen LogP) is 2.81. The van der Waals surface area contributed by atoms with E-state index in [0.29, 0.717) is 10.8 Å². The van der Waals surface area contributed by atoms with E-state index in [9.17, 15) is 4.79 Å². The monoisotopic (exact) mass is 322 g/mol. The van der Waals surface area contributed by atoms with Crippen molar-refractivity contribution in [3.63, 3.8) is 0 Å². The Kier molecular flexibility index (Phi) is 2.85. The molecule has 1 amide bonds. The topological polar surface area (TPSA) is 59.3 Å². The molecule has 18 heavy (non-hydrogen) atoms. The van der Waals surface area contributed by atoms with Crippen LogP contribution in [0.4, 0.5) is 5.13 Å². The average Bonchev–Trinajstić information content (AvgIpc) is 2.96. The molecule has 7 heteroatoms. The molecule has 3 rings (SSSR count). The number of carbonyl (C=O) groups is 1. The number of carbonyl (C=O) groups excluding carboxylic acids is 1. The first-order valence-electron chi connectivity index (χ1n) is 5.07. The summed E-state index contributed by atoms with van der Waals surface area (Å²) >= 11 is 4.74. The lowest BCUT2D eigenvalue weighted by Crippen LogP contribution is -2.11. The molecule has 3 heterocycles. The number of anilines is 1. The Balaban J connectivity index is 1.92. The number of rotatable bonds is 2. The zero-order valence-electron chi connectivity index (χ0n) is 9.00. The summed E-state index contributed by atoms with van der Waals surface area (Å²) in [6.07, 6.45) is 5.17. The summed E-state index contributed by atoms with van der Waals surface area (Å²) < 4.78 is 2.72. The average molecular weight is 323 g/mol.